The van der Waals surface area contributed by atoms with Crippen molar-refractivity contribution in [2.75, 3.05) is 11.4 Å². The second kappa shape index (κ2) is 9.24. The maximum Gasteiger partial charge on any atom is 0.332 e. The van der Waals surface area contributed by atoms with E-state index in [1.54, 1.807) is 44.9 Å². The largest absolute Gasteiger partial charge is 0.332 e. The summed E-state index contributed by atoms with van der Waals surface area (Å²) >= 11 is 0. The molecule has 10 nitrogen and oxygen atoms in total. The van der Waals surface area contributed by atoms with Crippen molar-refractivity contribution in [1.82, 2.24) is 24.6 Å². The lowest BCUT2D eigenvalue weighted by atomic mass is 9.92. The van der Waals surface area contributed by atoms with E-state index in [9.17, 15) is 19.6 Å². The van der Waals surface area contributed by atoms with Gasteiger partial charge in [0.05, 0.1) is 41.1 Å². The molecule has 0 radical (unpaired) electrons. The highest BCUT2D eigenvalue weighted by molar-refractivity contribution is 6.25. The number of fused-ring (bicyclic) bond motifs is 6. The number of pyridine rings is 1. The number of carbonyl (C=O) groups excluding carboxylic acids is 3. The van der Waals surface area contributed by atoms with Crippen molar-refractivity contribution in [2.24, 2.45) is 0 Å². The summed E-state index contributed by atoms with van der Waals surface area (Å²) < 4.78 is 1.76. The van der Waals surface area contributed by atoms with E-state index < -0.39 is 18.1 Å². The number of carbonyl (C=O) groups is 3. The molecule has 2 aromatic heterocycles. The van der Waals surface area contributed by atoms with E-state index in [0.29, 0.717) is 47.4 Å². The molecule has 5 heterocycles. The van der Waals surface area contributed by atoms with Gasteiger partial charge >= 0.3 is 6.03 Å². The van der Waals surface area contributed by atoms with Gasteiger partial charge in [-0.1, -0.05) is 51.1 Å². The van der Waals surface area contributed by atoms with Gasteiger partial charge in [-0.3, -0.25) is 19.3 Å². The van der Waals surface area contributed by atoms with E-state index in [2.05, 4.69) is 31.8 Å². The third-order valence-corrected chi connectivity index (χ3v) is 8.58. The SMILES string of the molecule is CC(C)(C)c1cc(C(=O)N2C[C@H]3CC2[C@H]2C(=O)N(c4ccc(C#N)c5ncccc45)C(=O)N32)n(Cc2ccccc2)n1. The van der Waals surface area contributed by atoms with Crippen LogP contribution in [0.2, 0.25) is 0 Å². The van der Waals surface area contributed by atoms with Crippen molar-refractivity contribution >= 4 is 34.4 Å². The fraction of sp³-hybridized carbons (Fsp3) is 0.312. The fourth-order valence-electron chi connectivity index (χ4n) is 6.53. The number of piperazine rings is 1. The Hall–Kier alpha value is -5.04. The summed E-state index contributed by atoms with van der Waals surface area (Å²) in [5.74, 6) is -0.555. The van der Waals surface area contributed by atoms with E-state index >= 15 is 0 Å². The lowest BCUT2D eigenvalue weighted by Gasteiger charge is -2.34. The number of amides is 4. The predicted molar refractivity (Wildman–Crippen MR) is 155 cm³/mol. The zero-order valence-corrected chi connectivity index (χ0v) is 23.6. The van der Waals surface area contributed by atoms with Crippen molar-refractivity contribution in [3.8, 4) is 6.07 Å². The Kier molecular flexibility index (Phi) is 5.70. The maximum atomic E-state index is 14.2. The Morgan fingerprint density at radius 2 is 1.86 bits per heavy atom. The van der Waals surface area contributed by atoms with Crippen LogP contribution in [-0.2, 0) is 16.8 Å². The first-order valence-electron chi connectivity index (χ1n) is 14.0. The quantitative estimate of drug-likeness (QED) is 0.348. The summed E-state index contributed by atoms with van der Waals surface area (Å²) in [5, 5.41) is 14.9. The molecule has 3 atom stereocenters. The number of nitrogens with zero attached hydrogens (tertiary/aromatic N) is 7. The highest BCUT2D eigenvalue weighted by Gasteiger charge is 2.63. The highest BCUT2D eigenvalue weighted by Crippen LogP contribution is 2.44. The molecule has 0 saturated carbocycles. The van der Waals surface area contributed by atoms with E-state index in [0.717, 1.165) is 11.3 Å². The molecule has 4 aromatic rings. The Labute approximate surface area is 242 Å². The molecule has 4 amide bonds. The van der Waals surface area contributed by atoms with Gasteiger partial charge < -0.3 is 9.80 Å². The molecule has 1 unspecified atom stereocenters. The van der Waals surface area contributed by atoms with Crippen LogP contribution in [0.25, 0.3) is 10.9 Å². The number of hydrogen-bond donors (Lipinski definition) is 0. The van der Waals surface area contributed by atoms with Crippen molar-refractivity contribution < 1.29 is 14.4 Å². The Morgan fingerprint density at radius 1 is 1.07 bits per heavy atom. The van der Waals surface area contributed by atoms with E-state index in [4.69, 9.17) is 5.10 Å². The molecule has 3 aliphatic rings. The second-order valence-corrected chi connectivity index (χ2v) is 12.2. The van der Waals surface area contributed by atoms with Crippen LogP contribution >= 0.6 is 0 Å². The standard InChI is InChI=1S/C32H29N7O3/c1-32(2,3)26-15-25(37(35-26)17-19-8-5-4-6-9-19)29(40)36-18-21-14-24(36)28-30(41)39(31(42)38(21)28)23-12-11-20(16-33)27-22(23)10-7-13-34-27/h4-13,15,21,24,28H,14,17-18H2,1-3H3/t21-,24?,28+/m1/s1. The van der Waals surface area contributed by atoms with Gasteiger partial charge in [0.2, 0.25) is 0 Å². The minimum absolute atomic E-state index is 0.187. The summed E-state index contributed by atoms with van der Waals surface area (Å²) in [6.45, 7) is 6.98. The number of benzene rings is 2. The Morgan fingerprint density at radius 3 is 2.60 bits per heavy atom. The zero-order chi connectivity index (χ0) is 29.3. The Balaban J connectivity index is 1.22. The van der Waals surface area contributed by atoms with E-state index in [1.165, 1.54) is 4.90 Å². The molecular weight excluding hydrogens is 530 g/mol. The average Bonchev–Trinajstić information content (AvgIpc) is 3.75. The molecular formula is C32H29N7O3. The number of anilines is 1. The number of urea groups is 1. The van der Waals surface area contributed by atoms with Crippen LogP contribution in [0.15, 0.2) is 66.9 Å². The molecule has 0 N–H and O–H groups in total. The van der Waals surface area contributed by atoms with Gasteiger partial charge in [-0.2, -0.15) is 10.4 Å². The minimum Gasteiger partial charge on any atom is -0.330 e. The van der Waals surface area contributed by atoms with Gasteiger partial charge in [0.15, 0.2) is 0 Å². The topological polar surface area (TPSA) is 115 Å². The number of imide groups is 1. The van der Waals surface area contributed by atoms with Crippen LogP contribution in [0.5, 0.6) is 0 Å². The molecule has 3 fully saturated rings. The van der Waals surface area contributed by atoms with Crippen LogP contribution in [0.4, 0.5) is 10.5 Å². The predicted octanol–water partition coefficient (Wildman–Crippen LogP) is 4.08. The molecule has 2 bridgehead atoms. The van der Waals surface area contributed by atoms with Gasteiger partial charge in [-0.05, 0) is 42.3 Å². The van der Waals surface area contributed by atoms with Crippen LogP contribution in [0, 0.1) is 11.3 Å². The molecule has 0 aliphatic carbocycles. The molecule has 42 heavy (non-hydrogen) atoms. The fourth-order valence-corrected chi connectivity index (χ4v) is 6.53. The van der Waals surface area contributed by atoms with Gasteiger partial charge in [0, 0.05) is 23.5 Å². The average molecular weight is 560 g/mol. The normalized spacial score (nSPS) is 21.4. The van der Waals surface area contributed by atoms with Crippen molar-refractivity contribution in [2.45, 2.75) is 57.3 Å². The lowest BCUT2D eigenvalue weighted by molar-refractivity contribution is -0.121. The van der Waals surface area contributed by atoms with Crippen molar-refractivity contribution in [3.05, 3.63) is 89.4 Å². The summed E-state index contributed by atoms with van der Waals surface area (Å²) in [4.78, 5) is 50.8. The molecule has 2 aromatic carbocycles. The first-order valence-corrected chi connectivity index (χ1v) is 14.0. The minimum atomic E-state index is -0.768. The van der Waals surface area contributed by atoms with E-state index in [1.807, 2.05) is 36.4 Å². The third kappa shape index (κ3) is 3.80. The van der Waals surface area contributed by atoms with Crippen LogP contribution in [-0.4, -0.2) is 67.1 Å². The zero-order valence-electron chi connectivity index (χ0n) is 23.6. The van der Waals surface area contributed by atoms with Gasteiger partial charge in [0.1, 0.15) is 17.8 Å². The molecule has 3 aliphatic heterocycles. The Bertz CT molecular complexity index is 1820. The molecule has 0 spiro atoms. The second-order valence-electron chi connectivity index (χ2n) is 12.2. The first-order chi connectivity index (χ1) is 20.2. The summed E-state index contributed by atoms with van der Waals surface area (Å²) in [6.07, 6.45) is 2.13. The lowest BCUT2D eigenvalue weighted by Crippen LogP contribution is -2.55. The summed E-state index contributed by atoms with van der Waals surface area (Å²) in [5.41, 5.74) is 3.26. The summed E-state index contributed by atoms with van der Waals surface area (Å²) in [6, 6.07) is 18.7. The maximum absolute atomic E-state index is 14.2. The monoisotopic (exact) mass is 559 g/mol. The highest BCUT2D eigenvalue weighted by atomic mass is 16.2. The molecule has 7 rings (SSSR count). The van der Waals surface area contributed by atoms with Crippen LogP contribution < -0.4 is 4.90 Å². The number of likely N-dealkylation sites (tertiary alicyclic amines) is 1. The molecule has 10 heteroatoms. The molecule has 210 valence electrons. The number of nitriles is 1. The van der Waals surface area contributed by atoms with Gasteiger partial charge in [-0.25, -0.2) is 9.69 Å². The van der Waals surface area contributed by atoms with Crippen molar-refractivity contribution in [1.29, 1.82) is 5.26 Å². The third-order valence-electron chi connectivity index (χ3n) is 8.58. The number of rotatable bonds is 4. The van der Waals surface area contributed by atoms with Gasteiger partial charge in [0.25, 0.3) is 11.8 Å². The van der Waals surface area contributed by atoms with Crippen molar-refractivity contribution in [3.63, 3.8) is 0 Å². The first kappa shape index (κ1) is 25.9. The van der Waals surface area contributed by atoms with E-state index in [-0.39, 0.29) is 23.3 Å². The summed E-state index contributed by atoms with van der Waals surface area (Å²) in [7, 11) is 0. The van der Waals surface area contributed by atoms with Gasteiger partial charge in [-0.15, -0.1) is 0 Å². The smallest absolute Gasteiger partial charge is 0.330 e. The number of aromatic nitrogens is 3. The molecule has 3 saturated heterocycles. The van der Waals surface area contributed by atoms with Crippen LogP contribution in [0.3, 0.4) is 0 Å². The number of hydrogen-bond acceptors (Lipinski definition) is 6. The van der Waals surface area contributed by atoms with Crippen LogP contribution in [0.1, 0.15) is 54.5 Å².